The van der Waals surface area contributed by atoms with Crippen LogP contribution in [0.5, 0.6) is 0 Å². The molecular weight excluding hydrogens is 254 g/mol. The Labute approximate surface area is 115 Å². The molecule has 1 aromatic carbocycles. The number of anilines is 1. The highest BCUT2D eigenvalue weighted by Crippen LogP contribution is 2.14. The summed E-state index contributed by atoms with van der Waals surface area (Å²) < 4.78 is 5.53. The van der Waals surface area contributed by atoms with Crippen molar-refractivity contribution in [2.24, 2.45) is 0 Å². The zero-order valence-corrected chi connectivity index (χ0v) is 11.4. The van der Waals surface area contributed by atoms with Gasteiger partial charge in [0.15, 0.2) is 0 Å². The first-order chi connectivity index (χ1) is 9.63. The Kier molecular flexibility index (Phi) is 3.02. The van der Waals surface area contributed by atoms with E-state index in [0.29, 0.717) is 23.4 Å². The summed E-state index contributed by atoms with van der Waals surface area (Å²) in [4.78, 5) is 21.1. The molecule has 1 N–H and O–H groups in total. The van der Waals surface area contributed by atoms with Crippen molar-refractivity contribution in [2.45, 2.75) is 13.5 Å². The first-order valence-corrected chi connectivity index (χ1v) is 6.39. The molecule has 3 aromatic rings. The van der Waals surface area contributed by atoms with Gasteiger partial charge < -0.3 is 9.32 Å². The van der Waals surface area contributed by atoms with Gasteiger partial charge in [-0.05, 0) is 31.2 Å². The average molecular weight is 269 g/mol. The topological polar surface area (TPSA) is 62.1 Å². The van der Waals surface area contributed by atoms with Gasteiger partial charge in [0.05, 0.1) is 17.4 Å². The largest absolute Gasteiger partial charge is 0.464 e. The average Bonchev–Trinajstić information content (AvgIpc) is 2.84. The number of aryl methyl sites for hydroxylation is 1. The number of nitrogens with zero attached hydrogens (tertiary/aromatic N) is 2. The van der Waals surface area contributed by atoms with Crippen LogP contribution < -0.4 is 10.5 Å². The third-order valence-electron chi connectivity index (χ3n) is 3.15. The van der Waals surface area contributed by atoms with E-state index in [0.717, 1.165) is 11.5 Å². The smallest absolute Gasteiger partial charge is 0.260 e. The molecule has 0 amide bonds. The van der Waals surface area contributed by atoms with Crippen LogP contribution in [0.1, 0.15) is 11.5 Å². The maximum atomic E-state index is 12.0. The minimum atomic E-state index is -0.131. The monoisotopic (exact) mass is 269 g/mol. The van der Waals surface area contributed by atoms with E-state index >= 15 is 0 Å². The molecule has 5 nitrogen and oxygen atoms in total. The van der Waals surface area contributed by atoms with Crippen LogP contribution >= 0.6 is 0 Å². The third kappa shape index (κ3) is 2.30. The number of aromatic nitrogens is 2. The maximum Gasteiger partial charge on any atom is 0.260 e. The van der Waals surface area contributed by atoms with Crippen molar-refractivity contribution in [1.29, 1.82) is 0 Å². The predicted octanol–water partition coefficient (Wildman–Crippen LogP) is 2.46. The van der Waals surface area contributed by atoms with E-state index in [1.165, 1.54) is 0 Å². The van der Waals surface area contributed by atoms with E-state index in [1.807, 2.05) is 49.2 Å². The van der Waals surface area contributed by atoms with Crippen LogP contribution in [0.25, 0.3) is 10.9 Å². The number of hydrogen-bond donors (Lipinski definition) is 1. The van der Waals surface area contributed by atoms with Gasteiger partial charge in [0, 0.05) is 7.05 Å². The molecule has 2 heterocycles. The van der Waals surface area contributed by atoms with Crippen molar-refractivity contribution in [1.82, 2.24) is 9.97 Å². The lowest BCUT2D eigenvalue weighted by Gasteiger charge is -2.16. The van der Waals surface area contributed by atoms with E-state index < -0.39 is 0 Å². The van der Waals surface area contributed by atoms with Gasteiger partial charge >= 0.3 is 0 Å². The molecule has 0 aliphatic heterocycles. The quantitative estimate of drug-likeness (QED) is 0.793. The van der Waals surface area contributed by atoms with E-state index in [2.05, 4.69) is 9.97 Å². The number of rotatable bonds is 3. The van der Waals surface area contributed by atoms with Gasteiger partial charge in [0.25, 0.3) is 5.56 Å². The third-order valence-corrected chi connectivity index (χ3v) is 3.15. The minimum absolute atomic E-state index is 0.131. The standard InChI is InChI=1S/C15H15N3O2/c1-10-7-8-11(20-10)9-18(2)15-16-13-6-4-3-5-12(13)14(19)17-15/h3-8H,9H2,1-2H3,(H,16,17,19). The number of benzene rings is 1. The van der Waals surface area contributed by atoms with Crippen LogP contribution in [-0.2, 0) is 6.54 Å². The van der Waals surface area contributed by atoms with Gasteiger partial charge in [-0.3, -0.25) is 9.78 Å². The lowest BCUT2D eigenvalue weighted by atomic mass is 10.2. The summed E-state index contributed by atoms with van der Waals surface area (Å²) in [7, 11) is 1.87. The van der Waals surface area contributed by atoms with Gasteiger partial charge in [-0.2, -0.15) is 0 Å². The Balaban J connectivity index is 1.95. The van der Waals surface area contributed by atoms with E-state index in [4.69, 9.17) is 4.42 Å². The summed E-state index contributed by atoms with van der Waals surface area (Å²) in [6.07, 6.45) is 0. The van der Waals surface area contributed by atoms with Crippen molar-refractivity contribution < 1.29 is 4.42 Å². The molecule has 0 saturated carbocycles. The molecule has 102 valence electrons. The molecule has 0 fully saturated rings. The summed E-state index contributed by atoms with van der Waals surface area (Å²) in [5.74, 6) is 2.23. The van der Waals surface area contributed by atoms with Gasteiger partial charge in [0.2, 0.25) is 5.95 Å². The second kappa shape index (κ2) is 4.85. The molecule has 0 spiro atoms. The van der Waals surface area contributed by atoms with Crippen LogP contribution in [0, 0.1) is 6.92 Å². The summed E-state index contributed by atoms with van der Waals surface area (Å²) in [6.45, 7) is 2.45. The Hall–Kier alpha value is -2.56. The number of para-hydroxylation sites is 1. The molecular formula is C15H15N3O2. The van der Waals surface area contributed by atoms with Gasteiger partial charge in [-0.15, -0.1) is 0 Å². The molecule has 20 heavy (non-hydrogen) atoms. The molecule has 0 saturated heterocycles. The molecule has 0 unspecified atom stereocenters. The number of fused-ring (bicyclic) bond motifs is 1. The highest BCUT2D eigenvalue weighted by atomic mass is 16.3. The molecule has 0 atom stereocenters. The summed E-state index contributed by atoms with van der Waals surface area (Å²) in [5.41, 5.74) is 0.557. The van der Waals surface area contributed by atoms with Crippen LogP contribution in [0.4, 0.5) is 5.95 Å². The van der Waals surface area contributed by atoms with Crippen molar-refractivity contribution in [3.8, 4) is 0 Å². The second-order valence-electron chi connectivity index (χ2n) is 4.78. The van der Waals surface area contributed by atoms with Gasteiger partial charge in [0.1, 0.15) is 11.5 Å². The molecule has 0 aliphatic carbocycles. The van der Waals surface area contributed by atoms with Gasteiger partial charge in [-0.1, -0.05) is 12.1 Å². The first-order valence-electron chi connectivity index (χ1n) is 6.39. The molecule has 0 radical (unpaired) electrons. The lowest BCUT2D eigenvalue weighted by Crippen LogP contribution is -2.22. The number of furan rings is 1. The maximum absolute atomic E-state index is 12.0. The number of aromatic amines is 1. The molecule has 2 aromatic heterocycles. The zero-order chi connectivity index (χ0) is 14.1. The van der Waals surface area contributed by atoms with Crippen LogP contribution in [-0.4, -0.2) is 17.0 Å². The van der Waals surface area contributed by atoms with Crippen LogP contribution in [0.2, 0.25) is 0 Å². The molecule has 0 aliphatic rings. The predicted molar refractivity (Wildman–Crippen MR) is 77.9 cm³/mol. The molecule has 3 rings (SSSR count). The Bertz CT molecular complexity index is 804. The SMILES string of the molecule is Cc1ccc(CN(C)c2nc3ccccc3c(=O)[nH]2)o1. The lowest BCUT2D eigenvalue weighted by molar-refractivity contribution is 0.480. The fourth-order valence-electron chi connectivity index (χ4n) is 2.13. The van der Waals surface area contributed by atoms with Gasteiger partial charge in [-0.25, -0.2) is 4.98 Å². The summed E-state index contributed by atoms with van der Waals surface area (Å²) >= 11 is 0. The highest BCUT2D eigenvalue weighted by Gasteiger charge is 2.09. The van der Waals surface area contributed by atoms with Crippen molar-refractivity contribution in [2.75, 3.05) is 11.9 Å². The molecule has 0 bridgehead atoms. The van der Waals surface area contributed by atoms with Crippen molar-refractivity contribution in [3.05, 3.63) is 58.3 Å². The van der Waals surface area contributed by atoms with Crippen molar-refractivity contribution in [3.63, 3.8) is 0 Å². The first kappa shape index (κ1) is 12.5. The van der Waals surface area contributed by atoms with Crippen LogP contribution in [0.3, 0.4) is 0 Å². The molecule has 5 heteroatoms. The highest BCUT2D eigenvalue weighted by molar-refractivity contribution is 5.78. The van der Waals surface area contributed by atoms with E-state index in [-0.39, 0.29) is 5.56 Å². The van der Waals surface area contributed by atoms with Crippen molar-refractivity contribution >= 4 is 16.9 Å². The number of nitrogens with one attached hydrogen (secondary N) is 1. The number of hydrogen-bond acceptors (Lipinski definition) is 4. The minimum Gasteiger partial charge on any atom is -0.464 e. The second-order valence-corrected chi connectivity index (χ2v) is 4.78. The fraction of sp³-hybridized carbons (Fsp3) is 0.200. The Morgan fingerprint density at radius 3 is 2.80 bits per heavy atom. The summed E-state index contributed by atoms with van der Waals surface area (Å²) in [6, 6.07) is 11.1. The number of H-pyrrole nitrogens is 1. The Morgan fingerprint density at radius 1 is 1.25 bits per heavy atom. The normalized spacial score (nSPS) is 10.9. The zero-order valence-electron chi connectivity index (χ0n) is 11.4. The van der Waals surface area contributed by atoms with Crippen LogP contribution in [0.15, 0.2) is 45.6 Å². The van der Waals surface area contributed by atoms with E-state index in [9.17, 15) is 4.79 Å². The van der Waals surface area contributed by atoms with E-state index in [1.54, 1.807) is 6.07 Å². The Morgan fingerprint density at radius 2 is 2.05 bits per heavy atom. The summed E-state index contributed by atoms with van der Waals surface area (Å²) in [5, 5.41) is 0.596. The fourth-order valence-corrected chi connectivity index (χ4v) is 2.13.